The molecule has 1 aromatic rings. The topological polar surface area (TPSA) is 82.4 Å². The van der Waals surface area contributed by atoms with Gasteiger partial charge in [0, 0.05) is 0 Å². The van der Waals surface area contributed by atoms with Gasteiger partial charge in [-0.1, -0.05) is 12.1 Å². The first-order valence-electron chi connectivity index (χ1n) is 6.64. The first kappa shape index (κ1) is 14.9. The van der Waals surface area contributed by atoms with Crippen LogP contribution in [0.4, 0.5) is 4.79 Å². The van der Waals surface area contributed by atoms with E-state index in [1.165, 1.54) is 0 Å². The van der Waals surface area contributed by atoms with Crippen molar-refractivity contribution < 1.29 is 14.3 Å². The molecular weight excluding hydrogens is 270 g/mol. The molecule has 0 aromatic heterocycles. The highest BCUT2D eigenvalue weighted by atomic mass is 16.5. The molecule has 1 fully saturated rings. The average molecular weight is 287 g/mol. The van der Waals surface area contributed by atoms with Crippen molar-refractivity contribution in [2.75, 3.05) is 13.7 Å². The van der Waals surface area contributed by atoms with Gasteiger partial charge in [-0.3, -0.25) is 4.79 Å². The molecule has 0 aliphatic carbocycles. The molecule has 0 saturated carbocycles. The summed E-state index contributed by atoms with van der Waals surface area (Å²) in [6.45, 7) is 1.47. The number of urea groups is 1. The Bertz CT molecular complexity index is 591. The third-order valence-electron chi connectivity index (χ3n) is 3.65. The average Bonchev–Trinajstić information content (AvgIpc) is 2.70. The van der Waals surface area contributed by atoms with Crippen molar-refractivity contribution >= 4 is 11.9 Å². The van der Waals surface area contributed by atoms with Gasteiger partial charge >= 0.3 is 6.03 Å². The molecule has 2 rings (SSSR count). The smallest absolute Gasteiger partial charge is 0.325 e. The molecule has 1 saturated heterocycles. The fourth-order valence-corrected chi connectivity index (χ4v) is 2.32. The van der Waals surface area contributed by atoms with E-state index in [0.717, 1.165) is 16.2 Å². The van der Waals surface area contributed by atoms with Crippen LogP contribution < -0.4 is 10.1 Å². The number of nitrogens with one attached hydrogen (secondary N) is 1. The lowest BCUT2D eigenvalue weighted by Crippen LogP contribution is -2.44. The summed E-state index contributed by atoms with van der Waals surface area (Å²) in [6, 6.07) is 8.89. The second-order valence-electron chi connectivity index (χ2n) is 5.16. The second kappa shape index (κ2) is 5.83. The van der Waals surface area contributed by atoms with Gasteiger partial charge in [0.2, 0.25) is 0 Å². The van der Waals surface area contributed by atoms with Crippen LogP contribution in [-0.4, -0.2) is 36.0 Å². The van der Waals surface area contributed by atoms with E-state index in [4.69, 9.17) is 10.00 Å². The summed E-state index contributed by atoms with van der Waals surface area (Å²) in [4.78, 5) is 24.9. The number of hydrogen-bond donors (Lipinski definition) is 1. The largest absolute Gasteiger partial charge is 0.497 e. The fourth-order valence-electron chi connectivity index (χ4n) is 2.32. The van der Waals surface area contributed by atoms with Gasteiger partial charge in [-0.05, 0) is 37.5 Å². The molecule has 6 nitrogen and oxygen atoms in total. The maximum absolute atomic E-state index is 12.2. The summed E-state index contributed by atoms with van der Waals surface area (Å²) >= 11 is 0. The molecule has 1 atom stereocenters. The zero-order valence-corrected chi connectivity index (χ0v) is 12.0. The highest BCUT2D eigenvalue weighted by Crippen LogP contribution is 2.23. The van der Waals surface area contributed by atoms with Crippen LogP contribution in [0.25, 0.3) is 0 Å². The van der Waals surface area contributed by atoms with Crippen molar-refractivity contribution in [2.45, 2.75) is 25.3 Å². The Balaban J connectivity index is 2.03. The molecule has 0 spiro atoms. The van der Waals surface area contributed by atoms with Crippen LogP contribution in [0.3, 0.4) is 0 Å². The van der Waals surface area contributed by atoms with E-state index in [1.54, 1.807) is 14.0 Å². The molecule has 1 heterocycles. The maximum atomic E-state index is 12.2. The summed E-state index contributed by atoms with van der Waals surface area (Å²) < 4.78 is 5.09. The maximum Gasteiger partial charge on any atom is 0.325 e. The van der Waals surface area contributed by atoms with Gasteiger partial charge < -0.3 is 10.1 Å². The monoisotopic (exact) mass is 287 g/mol. The van der Waals surface area contributed by atoms with E-state index in [1.807, 2.05) is 30.3 Å². The first-order chi connectivity index (χ1) is 10.00. The molecule has 21 heavy (non-hydrogen) atoms. The lowest BCUT2D eigenvalue weighted by molar-refractivity contribution is -0.130. The van der Waals surface area contributed by atoms with Crippen LogP contribution in [0.2, 0.25) is 0 Å². The molecule has 110 valence electrons. The normalized spacial score (nSPS) is 21.1. The SMILES string of the molecule is COc1ccc(CC[C@@]2(C)NC(=O)N(CC#N)C2=O)cc1. The molecule has 1 N–H and O–H groups in total. The Kier molecular flexibility index (Phi) is 4.13. The van der Waals surface area contributed by atoms with Crippen molar-refractivity contribution in [1.82, 2.24) is 10.2 Å². The molecule has 0 bridgehead atoms. The van der Waals surface area contributed by atoms with E-state index in [0.29, 0.717) is 12.8 Å². The summed E-state index contributed by atoms with van der Waals surface area (Å²) in [5.41, 5.74) is 0.103. The Morgan fingerprint density at radius 3 is 2.57 bits per heavy atom. The van der Waals surface area contributed by atoms with Crippen LogP contribution in [0, 0.1) is 11.3 Å². The molecule has 6 heteroatoms. The number of amides is 3. The third-order valence-corrected chi connectivity index (χ3v) is 3.65. The van der Waals surface area contributed by atoms with Crippen molar-refractivity contribution in [1.29, 1.82) is 5.26 Å². The van der Waals surface area contributed by atoms with E-state index < -0.39 is 11.6 Å². The van der Waals surface area contributed by atoms with Crippen LogP contribution in [0.1, 0.15) is 18.9 Å². The zero-order valence-electron chi connectivity index (χ0n) is 12.0. The Morgan fingerprint density at radius 2 is 2.00 bits per heavy atom. The number of methoxy groups -OCH3 is 1. The summed E-state index contributed by atoms with van der Waals surface area (Å²) in [5, 5.41) is 11.3. The van der Waals surface area contributed by atoms with Gasteiger partial charge in [0.15, 0.2) is 0 Å². The lowest BCUT2D eigenvalue weighted by Gasteiger charge is -2.21. The van der Waals surface area contributed by atoms with Gasteiger partial charge in [0.25, 0.3) is 5.91 Å². The van der Waals surface area contributed by atoms with Crippen LogP contribution in [-0.2, 0) is 11.2 Å². The van der Waals surface area contributed by atoms with Crippen LogP contribution in [0.5, 0.6) is 5.75 Å². The minimum atomic E-state index is -0.951. The number of ether oxygens (including phenoxy) is 1. The molecule has 0 radical (unpaired) electrons. The van der Waals surface area contributed by atoms with E-state index >= 15 is 0 Å². The zero-order chi connectivity index (χ0) is 15.5. The third kappa shape index (κ3) is 2.97. The number of carbonyl (C=O) groups excluding carboxylic acids is 2. The number of nitrogens with zero attached hydrogens (tertiary/aromatic N) is 2. The molecule has 0 unspecified atom stereocenters. The second-order valence-corrected chi connectivity index (χ2v) is 5.16. The number of rotatable bonds is 5. The quantitative estimate of drug-likeness (QED) is 0.656. The highest BCUT2D eigenvalue weighted by molar-refractivity contribution is 6.06. The van der Waals surface area contributed by atoms with Gasteiger partial charge in [-0.15, -0.1) is 0 Å². The lowest BCUT2D eigenvalue weighted by atomic mass is 9.93. The van der Waals surface area contributed by atoms with Crippen LogP contribution in [0.15, 0.2) is 24.3 Å². The number of hydrogen-bond acceptors (Lipinski definition) is 4. The van der Waals surface area contributed by atoms with E-state index in [-0.39, 0.29) is 12.5 Å². The molecule has 3 amide bonds. The number of imide groups is 1. The van der Waals surface area contributed by atoms with E-state index in [9.17, 15) is 9.59 Å². The predicted octanol–water partition coefficient (Wildman–Crippen LogP) is 1.46. The molecule has 1 aliphatic heterocycles. The first-order valence-corrected chi connectivity index (χ1v) is 6.64. The van der Waals surface area contributed by atoms with Crippen molar-refractivity contribution in [3.8, 4) is 11.8 Å². The van der Waals surface area contributed by atoms with Gasteiger partial charge in [-0.25, -0.2) is 9.69 Å². The predicted molar refractivity (Wildman–Crippen MR) is 75.6 cm³/mol. The van der Waals surface area contributed by atoms with Crippen LogP contribution >= 0.6 is 0 Å². The Labute approximate surface area is 123 Å². The minimum Gasteiger partial charge on any atom is -0.497 e. The molecule has 1 aromatic carbocycles. The van der Waals surface area contributed by atoms with Crippen molar-refractivity contribution in [3.05, 3.63) is 29.8 Å². The standard InChI is InChI=1S/C15H17N3O3/c1-15(13(19)18(10-9-16)14(20)17-15)8-7-11-3-5-12(21-2)6-4-11/h3-6H,7-8,10H2,1-2H3,(H,17,20)/t15-/m1/s1. The van der Waals surface area contributed by atoms with E-state index in [2.05, 4.69) is 5.32 Å². The highest BCUT2D eigenvalue weighted by Gasteiger charge is 2.47. The fraction of sp³-hybridized carbons (Fsp3) is 0.400. The summed E-state index contributed by atoms with van der Waals surface area (Å²) in [6.07, 6.45) is 1.12. The Morgan fingerprint density at radius 1 is 1.33 bits per heavy atom. The van der Waals surface area contributed by atoms with Gasteiger partial charge in [-0.2, -0.15) is 5.26 Å². The molecule has 1 aliphatic rings. The summed E-state index contributed by atoms with van der Waals surface area (Å²) in [7, 11) is 1.60. The van der Waals surface area contributed by atoms with Crippen molar-refractivity contribution in [2.24, 2.45) is 0 Å². The van der Waals surface area contributed by atoms with Gasteiger partial charge in [0.1, 0.15) is 17.8 Å². The molecular formula is C15H17N3O3. The Hall–Kier alpha value is -2.55. The number of benzene rings is 1. The number of carbonyl (C=O) groups is 2. The minimum absolute atomic E-state index is 0.219. The van der Waals surface area contributed by atoms with Gasteiger partial charge in [0.05, 0.1) is 13.2 Å². The number of aryl methyl sites for hydroxylation is 1. The number of nitriles is 1. The van der Waals surface area contributed by atoms with Crippen molar-refractivity contribution in [3.63, 3.8) is 0 Å². The summed E-state index contributed by atoms with van der Waals surface area (Å²) in [5.74, 6) is 0.429.